The number of aromatic nitrogens is 2. The number of carbonyl (C=O) groups is 2. The molecule has 0 aromatic carbocycles. The van der Waals surface area contributed by atoms with E-state index < -0.39 is 12.1 Å². The minimum atomic E-state index is -0.417. The number of rotatable bonds is 7. The van der Waals surface area contributed by atoms with E-state index in [1.807, 2.05) is 19.1 Å². The summed E-state index contributed by atoms with van der Waals surface area (Å²) in [5, 5.41) is 9.79. The van der Waals surface area contributed by atoms with Gasteiger partial charge < -0.3 is 24.4 Å². The summed E-state index contributed by atoms with van der Waals surface area (Å²) >= 11 is 0. The maximum Gasteiger partial charge on any atom is 0.259 e. The van der Waals surface area contributed by atoms with Crippen molar-refractivity contribution in [2.24, 2.45) is 5.92 Å². The quantitative estimate of drug-likeness (QED) is 0.597. The van der Waals surface area contributed by atoms with E-state index in [1.165, 1.54) is 0 Å². The summed E-state index contributed by atoms with van der Waals surface area (Å²) in [6, 6.07) is 4.88. The van der Waals surface area contributed by atoms with E-state index >= 15 is 0 Å². The third-order valence-corrected chi connectivity index (χ3v) is 5.95. The number of fused-ring (bicyclic) bond motifs is 1. The number of aliphatic hydroxyl groups is 1. The number of ether oxygens (including phenoxy) is 2. The van der Waals surface area contributed by atoms with E-state index in [9.17, 15) is 14.7 Å². The molecule has 0 fully saturated rings. The first-order valence-corrected chi connectivity index (χ1v) is 11.5. The van der Waals surface area contributed by atoms with Gasteiger partial charge in [0.1, 0.15) is 18.3 Å². The zero-order chi connectivity index (χ0) is 25.4. The molecule has 0 unspecified atom stereocenters. The van der Waals surface area contributed by atoms with Crippen molar-refractivity contribution in [2.75, 3.05) is 40.5 Å². The van der Waals surface area contributed by atoms with Crippen molar-refractivity contribution in [3.05, 3.63) is 53.5 Å². The van der Waals surface area contributed by atoms with Crippen LogP contribution in [0.2, 0.25) is 0 Å². The van der Waals surface area contributed by atoms with Gasteiger partial charge in [0.25, 0.3) is 5.91 Å². The Bertz CT molecular complexity index is 1080. The summed E-state index contributed by atoms with van der Waals surface area (Å²) in [7, 11) is 3.29. The molecule has 35 heavy (non-hydrogen) atoms. The molecule has 0 bridgehead atoms. The van der Waals surface area contributed by atoms with Crippen LogP contribution in [-0.4, -0.2) is 89.3 Å². The maximum atomic E-state index is 13.4. The number of carbonyl (C=O) groups excluding carboxylic acids is 2. The highest BCUT2D eigenvalue weighted by Crippen LogP contribution is 2.27. The van der Waals surface area contributed by atoms with Gasteiger partial charge in [0.2, 0.25) is 11.8 Å². The average molecular weight is 481 g/mol. The van der Waals surface area contributed by atoms with Gasteiger partial charge in [-0.15, -0.1) is 0 Å². The highest BCUT2D eigenvalue weighted by molar-refractivity contribution is 5.97. The van der Waals surface area contributed by atoms with E-state index in [1.54, 1.807) is 55.5 Å². The molecule has 186 valence electrons. The minimum Gasteiger partial charge on any atom is -0.472 e. The molecule has 9 nitrogen and oxygen atoms in total. The summed E-state index contributed by atoms with van der Waals surface area (Å²) in [5.74, 6) is 5.51. The first kappa shape index (κ1) is 26.1. The van der Waals surface area contributed by atoms with Gasteiger partial charge in [0.05, 0.1) is 25.6 Å². The Kier molecular flexibility index (Phi) is 9.18. The molecule has 0 saturated carbocycles. The van der Waals surface area contributed by atoms with Gasteiger partial charge in [-0.1, -0.05) is 18.8 Å². The molecule has 0 saturated heterocycles. The smallest absolute Gasteiger partial charge is 0.259 e. The van der Waals surface area contributed by atoms with Crippen molar-refractivity contribution in [3.8, 4) is 17.7 Å². The Hall–Kier alpha value is -3.48. The van der Waals surface area contributed by atoms with E-state index in [-0.39, 0.29) is 48.8 Å². The predicted octanol–water partition coefficient (Wildman–Crippen LogP) is 1.40. The van der Waals surface area contributed by atoms with Gasteiger partial charge in [-0.25, -0.2) is 4.98 Å². The highest BCUT2D eigenvalue weighted by atomic mass is 16.5. The molecule has 2 aromatic heterocycles. The fraction of sp³-hybridized carbons (Fsp3) is 0.462. The van der Waals surface area contributed by atoms with Crippen LogP contribution in [0.1, 0.15) is 35.3 Å². The van der Waals surface area contributed by atoms with Crippen LogP contribution in [0.4, 0.5) is 0 Å². The van der Waals surface area contributed by atoms with Gasteiger partial charge in [-0.05, 0) is 30.7 Å². The standard InChI is InChI=1S/C26H32N4O5/c1-18-15-30(19(2)17-31)26(33)22-12-21(6-5-11-34-4)14-28-25(22)35-23(18)16-29(3)24(32)13-20-7-9-27-10-8-20/h7-10,12,14,18-19,23,31H,11,13,15-17H2,1-4H3/t18-,19+,23+/m1/s1. The van der Waals surface area contributed by atoms with Crippen molar-refractivity contribution in [1.82, 2.24) is 19.8 Å². The van der Waals surface area contributed by atoms with Gasteiger partial charge >= 0.3 is 0 Å². The molecule has 0 radical (unpaired) electrons. The lowest BCUT2D eigenvalue weighted by molar-refractivity contribution is -0.130. The van der Waals surface area contributed by atoms with E-state index in [0.717, 1.165) is 5.56 Å². The number of aliphatic hydroxyl groups excluding tert-OH is 1. The second-order valence-corrected chi connectivity index (χ2v) is 8.74. The van der Waals surface area contributed by atoms with Gasteiger partial charge in [-0.3, -0.25) is 14.6 Å². The summed E-state index contributed by atoms with van der Waals surface area (Å²) in [4.78, 5) is 37.9. The SMILES string of the molecule is COCC#Cc1cnc2c(c1)C(=O)N([C@@H](C)CO)C[C@@H](C)[C@H](CN(C)C(=O)Cc1ccncc1)O2. The van der Waals surface area contributed by atoms with E-state index in [0.29, 0.717) is 18.7 Å². The molecule has 1 N–H and O–H groups in total. The van der Waals surface area contributed by atoms with Crippen molar-refractivity contribution in [3.63, 3.8) is 0 Å². The number of amides is 2. The fourth-order valence-corrected chi connectivity index (χ4v) is 3.78. The largest absolute Gasteiger partial charge is 0.472 e. The Morgan fingerprint density at radius 1 is 1.40 bits per heavy atom. The zero-order valence-corrected chi connectivity index (χ0v) is 20.6. The summed E-state index contributed by atoms with van der Waals surface area (Å²) in [6.45, 7) is 4.51. The molecule has 3 atom stereocenters. The number of hydrogen-bond acceptors (Lipinski definition) is 7. The number of hydrogen-bond donors (Lipinski definition) is 1. The third-order valence-electron chi connectivity index (χ3n) is 5.95. The van der Waals surface area contributed by atoms with Crippen LogP contribution < -0.4 is 4.74 Å². The summed E-state index contributed by atoms with van der Waals surface area (Å²) in [6.07, 6.45) is 4.71. The minimum absolute atomic E-state index is 0.0531. The molecular weight excluding hydrogens is 448 g/mol. The number of pyridine rings is 2. The third kappa shape index (κ3) is 6.78. The van der Waals surface area contributed by atoms with Crippen LogP contribution in [0.25, 0.3) is 0 Å². The molecule has 1 aliphatic heterocycles. The first-order chi connectivity index (χ1) is 16.8. The normalized spacial score (nSPS) is 18.3. The van der Waals surface area contributed by atoms with Crippen LogP contribution in [-0.2, 0) is 16.0 Å². The van der Waals surface area contributed by atoms with Crippen molar-refractivity contribution in [2.45, 2.75) is 32.4 Å². The monoisotopic (exact) mass is 480 g/mol. The second-order valence-electron chi connectivity index (χ2n) is 8.74. The molecule has 2 amide bonds. The average Bonchev–Trinajstić information content (AvgIpc) is 2.86. The molecule has 3 rings (SSSR count). The highest BCUT2D eigenvalue weighted by Gasteiger charge is 2.34. The lowest BCUT2D eigenvalue weighted by Crippen LogP contribution is -2.50. The van der Waals surface area contributed by atoms with Gasteiger partial charge in [0.15, 0.2) is 0 Å². The van der Waals surface area contributed by atoms with Crippen LogP contribution in [0.5, 0.6) is 5.88 Å². The van der Waals surface area contributed by atoms with Gasteiger partial charge in [0, 0.05) is 50.8 Å². The lowest BCUT2D eigenvalue weighted by atomic mass is 9.99. The predicted molar refractivity (Wildman–Crippen MR) is 130 cm³/mol. The van der Waals surface area contributed by atoms with Crippen molar-refractivity contribution < 1.29 is 24.2 Å². The Labute approximate surface area is 206 Å². The number of likely N-dealkylation sites (N-methyl/N-ethyl adjacent to an activating group) is 1. The molecule has 9 heteroatoms. The van der Waals surface area contributed by atoms with Crippen molar-refractivity contribution in [1.29, 1.82) is 0 Å². The Morgan fingerprint density at radius 2 is 2.14 bits per heavy atom. The Balaban J connectivity index is 1.87. The van der Waals surface area contributed by atoms with Crippen LogP contribution in [0.15, 0.2) is 36.8 Å². The second kappa shape index (κ2) is 12.3. The maximum absolute atomic E-state index is 13.4. The summed E-state index contributed by atoms with van der Waals surface area (Å²) in [5.41, 5.74) is 1.72. The molecule has 0 aliphatic carbocycles. The zero-order valence-electron chi connectivity index (χ0n) is 20.6. The molecule has 1 aliphatic rings. The molecule has 3 heterocycles. The topological polar surface area (TPSA) is 105 Å². The molecular formula is C26H32N4O5. The summed E-state index contributed by atoms with van der Waals surface area (Å²) < 4.78 is 11.2. The van der Waals surface area contributed by atoms with Crippen molar-refractivity contribution >= 4 is 11.8 Å². The first-order valence-electron chi connectivity index (χ1n) is 11.5. The molecule has 0 spiro atoms. The van der Waals surface area contributed by atoms with Gasteiger partial charge in [-0.2, -0.15) is 0 Å². The lowest BCUT2D eigenvalue weighted by Gasteiger charge is -2.37. The van der Waals surface area contributed by atoms with E-state index in [2.05, 4.69) is 21.8 Å². The van der Waals surface area contributed by atoms with Crippen LogP contribution in [0, 0.1) is 17.8 Å². The van der Waals surface area contributed by atoms with E-state index in [4.69, 9.17) is 9.47 Å². The van der Waals surface area contributed by atoms with Crippen LogP contribution in [0.3, 0.4) is 0 Å². The Morgan fingerprint density at radius 3 is 2.83 bits per heavy atom. The molecule has 2 aromatic rings. The number of methoxy groups -OCH3 is 1. The number of nitrogens with zero attached hydrogens (tertiary/aromatic N) is 4. The fourth-order valence-electron chi connectivity index (χ4n) is 3.78. The van der Waals surface area contributed by atoms with Crippen LogP contribution >= 0.6 is 0 Å².